The minimum atomic E-state index is -0.603. The van der Waals surface area contributed by atoms with Crippen molar-refractivity contribution in [3.63, 3.8) is 0 Å². The monoisotopic (exact) mass is 195 g/mol. The largest absolute Gasteiger partial charge is 0.388 e. The Kier molecular flexibility index (Phi) is 2.19. The van der Waals surface area contributed by atoms with Crippen molar-refractivity contribution in [3.8, 4) is 0 Å². The third kappa shape index (κ3) is 1.87. The van der Waals surface area contributed by atoms with Crippen molar-refractivity contribution in [3.05, 3.63) is 30.1 Å². The summed E-state index contributed by atoms with van der Waals surface area (Å²) < 4.78 is 12.7. The van der Waals surface area contributed by atoms with Crippen LogP contribution in [0, 0.1) is 5.82 Å². The van der Waals surface area contributed by atoms with Gasteiger partial charge in [0, 0.05) is 18.8 Å². The quantitative estimate of drug-likeness (QED) is 0.738. The maximum Gasteiger partial charge on any atom is 0.123 e. The summed E-state index contributed by atoms with van der Waals surface area (Å²) in [5.41, 5.74) is 0.373. The Morgan fingerprint density at radius 2 is 2.00 bits per heavy atom. The number of benzene rings is 1. The van der Waals surface area contributed by atoms with E-state index in [9.17, 15) is 9.50 Å². The minimum absolute atomic E-state index is 0.222. The summed E-state index contributed by atoms with van der Waals surface area (Å²) >= 11 is 0. The molecule has 0 radical (unpaired) electrons. The highest BCUT2D eigenvalue weighted by Gasteiger charge is 2.31. The van der Waals surface area contributed by atoms with Crippen LogP contribution >= 0.6 is 0 Å². The van der Waals surface area contributed by atoms with Gasteiger partial charge in [0.2, 0.25) is 0 Å². The lowest BCUT2D eigenvalue weighted by Gasteiger charge is -2.20. The Hall–Kier alpha value is -1.09. The zero-order valence-corrected chi connectivity index (χ0v) is 8.20. The van der Waals surface area contributed by atoms with Crippen LogP contribution in [0.4, 0.5) is 10.1 Å². The predicted octanol–water partition coefficient (Wildman–Crippen LogP) is 1.79. The van der Waals surface area contributed by atoms with Crippen molar-refractivity contribution in [2.24, 2.45) is 0 Å². The number of β-amino-alcohol motifs (C(OH)–C–C–N with tert-alkyl or cyclic N) is 1. The van der Waals surface area contributed by atoms with E-state index in [0.29, 0.717) is 6.54 Å². The van der Waals surface area contributed by atoms with E-state index in [-0.39, 0.29) is 5.82 Å². The van der Waals surface area contributed by atoms with Crippen LogP contribution < -0.4 is 4.90 Å². The third-order valence-electron chi connectivity index (χ3n) is 2.64. The fourth-order valence-corrected chi connectivity index (χ4v) is 1.82. The molecule has 2 nitrogen and oxygen atoms in total. The number of hydrogen-bond acceptors (Lipinski definition) is 2. The summed E-state index contributed by atoms with van der Waals surface area (Å²) in [5, 5.41) is 9.77. The first kappa shape index (κ1) is 9.46. The number of rotatable bonds is 1. The second-order valence-corrected chi connectivity index (χ2v) is 4.14. The molecule has 14 heavy (non-hydrogen) atoms. The van der Waals surface area contributed by atoms with E-state index in [0.717, 1.165) is 18.7 Å². The van der Waals surface area contributed by atoms with Gasteiger partial charge in [-0.2, -0.15) is 0 Å². The SMILES string of the molecule is CC1(O)CCN(c2ccc(F)cc2)C1. The molecule has 0 spiro atoms. The van der Waals surface area contributed by atoms with Gasteiger partial charge >= 0.3 is 0 Å². The average molecular weight is 195 g/mol. The van der Waals surface area contributed by atoms with Crippen molar-refractivity contribution >= 4 is 5.69 Å². The highest BCUT2D eigenvalue weighted by atomic mass is 19.1. The van der Waals surface area contributed by atoms with Crippen LogP contribution in [0.5, 0.6) is 0 Å². The first-order valence-electron chi connectivity index (χ1n) is 4.80. The summed E-state index contributed by atoms with van der Waals surface area (Å²) in [4.78, 5) is 2.07. The molecule has 0 bridgehead atoms. The zero-order valence-electron chi connectivity index (χ0n) is 8.20. The standard InChI is InChI=1S/C11H14FNO/c1-11(14)6-7-13(8-11)10-4-2-9(12)3-5-10/h2-5,14H,6-8H2,1H3. The van der Waals surface area contributed by atoms with Crippen LogP contribution in [0.2, 0.25) is 0 Å². The molecule has 0 amide bonds. The van der Waals surface area contributed by atoms with Gasteiger partial charge < -0.3 is 10.0 Å². The first-order chi connectivity index (χ1) is 6.57. The second-order valence-electron chi connectivity index (χ2n) is 4.14. The van der Waals surface area contributed by atoms with Crippen molar-refractivity contribution in [2.75, 3.05) is 18.0 Å². The summed E-state index contributed by atoms with van der Waals surface area (Å²) in [6.07, 6.45) is 0.768. The number of nitrogens with zero attached hydrogens (tertiary/aromatic N) is 1. The summed E-state index contributed by atoms with van der Waals surface area (Å²) in [6.45, 7) is 3.29. The van der Waals surface area contributed by atoms with Gasteiger partial charge in [-0.05, 0) is 37.6 Å². The maximum absolute atomic E-state index is 12.7. The van der Waals surface area contributed by atoms with Crippen LogP contribution in [-0.4, -0.2) is 23.8 Å². The van der Waals surface area contributed by atoms with Gasteiger partial charge in [0.15, 0.2) is 0 Å². The van der Waals surface area contributed by atoms with E-state index in [1.807, 2.05) is 6.92 Å². The molecule has 1 aliphatic rings. The zero-order chi connectivity index (χ0) is 10.2. The van der Waals surface area contributed by atoms with E-state index in [1.165, 1.54) is 12.1 Å². The molecular weight excluding hydrogens is 181 g/mol. The van der Waals surface area contributed by atoms with E-state index >= 15 is 0 Å². The molecule has 1 heterocycles. The van der Waals surface area contributed by atoms with Crippen LogP contribution in [0.15, 0.2) is 24.3 Å². The van der Waals surface area contributed by atoms with Crippen molar-refractivity contribution in [2.45, 2.75) is 18.9 Å². The lowest BCUT2D eigenvalue weighted by atomic mass is 10.1. The van der Waals surface area contributed by atoms with E-state index in [1.54, 1.807) is 12.1 Å². The van der Waals surface area contributed by atoms with Crippen LogP contribution in [0.3, 0.4) is 0 Å². The van der Waals surface area contributed by atoms with Crippen LogP contribution in [0.25, 0.3) is 0 Å². The van der Waals surface area contributed by atoms with Gasteiger partial charge in [0.25, 0.3) is 0 Å². The van der Waals surface area contributed by atoms with E-state index in [2.05, 4.69) is 4.90 Å². The summed E-state index contributed by atoms with van der Waals surface area (Å²) in [5.74, 6) is -0.222. The maximum atomic E-state index is 12.7. The van der Waals surface area contributed by atoms with Crippen molar-refractivity contribution < 1.29 is 9.50 Å². The van der Waals surface area contributed by atoms with Gasteiger partial charge in [-0.25, -0.2) is 4.39 Å². The fourth-order valence-electron chi connectivity index (χ4n) is 1.82. The smallest absolute Gasteiger partial charge is 0.123 e. The highest BCUT2D eigenvalue weighted by molar-refractivity contribution is 5.47. The van der Waals surface area contributed by atoms with Gasteiger partial charge in [-0.1, -0.05) is 0 Å². The molecule has 76 valence electrons. The Bertz CT molecular complexity index is 321. The lowest BCUT2D eigenvalue weighted by molar-refractivity contribution is 0.0839. The molecule has 1 unspecified atom stereocenters. The number of aliphatic hydroxyl groups is 1. The Morgan fingerprint density at radius 1 is 1.36 bits per heavy atom. The second kappa shape index (κ2) is 3.24. The molecule has 0 saturated carbocycles. The molecule has 1 aromatic rings. The Morgan fingerprint density at radius 3 is 2.50 bits per heavy atom. The summed E-state index contributed by atoms with van der Waals surface area (Å²) in [6, 6.07) is 6.39. The minimum Gasteiger partial charge on any atom is -0.388 e. The first-order valence-corrected chi connectivity index (χ1v) is 4.80. The van der Waals surface area contributed by atoms with Gasteiger partial charge in [0.05, 0.1) is 5.60 Å². The van der Waals surface area contributed by atoms with Crippen LogP contribution in [-0.2, 0) is 0 Å². The molecule has 1 saturated heterocycles. The van der Waals surface area contributed by atoms with Crippen LogP contribution in [0.1, 0.15) is 13.3 Å². The molecule has 2 rings (SSSR count). The number of hydrogen-bond donors (Lipinski definition) is 1. The topological polar surface area (TPSA) is 23.5 Å². The molecule has 1 N–H and O–H groups in total. The Labute approximate surface area is 83.0 Å². The number of halogens is 1. The Balaban J connectivity index is 2.14. The van der Waals surface area contributed by atoms with Gasteiger partial charge in [-0.3, -0.25) is 0 Å². The molecule has 0 aliphatic carbocycles. The van der Waals surface area contributed by atoms with Gasteiger partial charge in [0.1, 0.15) is 5.82 Å². The predicted molar refractivity (Wildman–Crippen MR) is 53.9 cm³/mol. The van der Waals surface area contributed by atoms with Crippen molar-refractivity contribution in [1.29, 1.82) is 0 Å². The molecule has 1 aliphatic heterocycles. The molecule has 1 fully saturated rings. The van der Waals surface area contributed by atoms with E-state index in [4.69, 9.17) is 0 Å². The highest BCUT2D eigenvalue weighted by Crippen LogP contribution is 2.26. The van der Waals surface area contributed by atoms with Crippen molar-refractivity contribution in [1.82, 2.24) is 0 Å². The lowest BCUT2D eigenvalue weighted by Crippen LogP contribution is -2.29. The van der Waals surface area contributed by atoms with Gasteiger partial charge in [-0.15, -0.1) is 0 Å². The molecule has 0 aromatic heterocycles. The molecular formula is C11H14FNO. The molecule has 3 heteroatoms. The molecule has 1 atom stereocenters. The molecule has 1 aromatic carbocycles. The van der Waals surface area contributed by atoms with E-state index < -0.39 is 5.60 Å². The average Bonchev–Trinajstić information content (AvgIpc) is 2.47. The number of anilines is 1. The summed E-state index contributed by atoms with van der Waals surface area (Å²) in [7, 11) is 0. The normalized spacial score (nSPS) is 26.9. The fraction of sp³-hybridized carbons (Fsp3) is 0.455. The third-order valence-corrected chi connectivity index (χ3v) is 2.64.